The first-order valence-corrected chi connectivity index (χ1v) is 6.72. The number of aliphatic carboxylic acids is 1. The van der Waals surface area contributed by atoms with Gasteiger partial charge in [0.1, 0.15) is 0 Å². The van der Waals surface area contributed by atoms with E-state index in [9.17, 15) is 19.2 Å². The summed E-state index contributed by atoms with van der Waals surface area (Å²) in [6, 6.07) is 4.04. The topological polar surface area (TPSA) is 110 Å². The molecule has 1 heterocycles. The molecule has 0 bridgehead atoms. The Hall–Kier alpha value is -2.90. The van der Waals surface area contributed by atoms with Crippen molar-refractivity contribution in [2.24, 2.45) is 5.92 Å². The van der Waals surface area contributed by atoms with Crippen LogP contribution in [0.3, 0.4) is 0 Å². The quantitative estimate of drug-likeness (QED) is 0.813. The van der Waals surface area contributed by atoms with E-state index in [1.807, 2.05) is 0 Å². The summed E-state index contributed by atoms with van der Waals surface area (Å²) < 4.78 is 9.24. The number of esters is 2. The van der Waals surface area contributed by atoms with Crippen molar-refractivity contribution in [3.8, 4) is 0 Å². The minimum absolute atomic E-state index is 0.0284. The van der Waals surface area contributed by atoms with Gasteiger partial charge in [-0.15, -0.1) is 0 Å². The smallest absolute Gasteiger partial charge is 0.337 e. The Kier molecular flexibility index (Phi) is 4.63. The van der Waals surface area contributed by atoms with Crippen LogP contribution in [0.15, 0.2) is 18.2 Å². The van der Waals surface area contributed by atoms with E-state index in [0.717, 1.165) is 0 Å². The van der Waals surface area contributed by atoms with Crippen molar-refractivity contribution >= 4 is 29.5 Å². The minimum atomic E-state index is -1.07. The van der Waals surface area contributed by atoms with Crippen LogP contribution in [0.2, 0.25) is 0 Å². The largest absolute Gasteiger partial charge is 0.481 e. The number of carboxylic acid groups (broad SMARTS) is 1. The predicted molar refractivity (Wildman–Crippen MR) is 77.2 cm³/mol. The molecule has 1 N–H and O–H groups in total. The zero-order valence-corrected chi connectivity index (χ0v) is 12.6. The van der Waals surface area contributed by atoms with Gasteiger partial charge in [-0.05, 0) is 18.2 Å². The van der Waals surface area contributed by atoms with Gasteiger partial charge in [0.15, 0.2) is 0 Å². The molecule has 0 radical (unpaired) electrons. The molecular formula is C15H15NO7. The first kappa shape index (κ1) is 16.5. The van der Waals surface area contributed by atoms with Gasteiger partial charge in [-0.1, -0.05) is 0 Å². The second-order valence-corrected chi connectivity index (χ2v) is 5.00. The van der Waals surface area contributed by atoms with E-state index < -0.39 is 29.7 Å². The first-order chi connectivity index (χ1) is 10.9. The van der Waals surface area contributed by atoms with Crippen molar-refractivity contribution in [3.63, 3.8) is 0 Å². The van der Waals surface area contributed by atoms with E-state index in [1.165, 1.54) is 37.3 Å². The summed E-state index contributed by atoms with van der Waals surface area (Å²) in [6.07, 6.45) is -0.134. The van der Waals surface area contributed by atoms with Crippen LogP contribution in [0.25, 0.3) is 0 Å². The molecule has 0 aliphatic carbocycles. The molecule has 0 spiro atoms. The number of carbonyl (C=O) groups is 4. The molecule has 0 aromatic heterocycles. The van der Waals surface area contributed by atoms with Crippen molar-refractivity contribution in [1.82, 2.24) is 0 Å². The number of carbonyl (C=O) groups excluding carboxylic acids is 3. The molecule has 1 saturated heterocycles. The summed E-state index contributed by atoms with van der Waals surface area (Å²) in [5.74, 6) is -3.66. The highest BCUT2D eigenvalue weighted by Gasteiger charge is 2.35. The lowest BCUT2D eigenvalue weighted by atomic mass is 10.1. The van der Waals surface area contributed by atoms with Gasteiger partial charge in [-0.3, -0.25) is 9.59 Å². The van der Waals surface area contributed by atoms with Crippen LogP contribution in [0.1, 0.15) is 27.1 Å². The van der Waals surface area contributed by atoms with Gasteiger partial charge in [0.25, 0.3) is 0 Å². The highest BCUT2D eigenvalue weighted by atomic mass is 16.5. The van der Waals surface area contributed by atoms with E-state index in [2.05, 4.69) is 9.47 Å². The Morgan fingerprint density at radius 1 is 1.09 bits per heavy atom. The van der Waals surface area contributed by atoms with Crippen LogP contribution in [0.4, 0.5) is 5.69 Å². The summed E-state index contributed by atoms with van der Waals surface area (Å²) in [7, 11) is 2.38. The highest BCUT2D eigenvalue weighted by molar-refractivity contribution is 6.02. The summed E-state index contributed by atoms with van der Waals surface area (Å²) in [5, 5.41) is 9.03. The van der Waals surface area contributed by atoms with Crippen LogP contribution in [0.5, 0.6) is 0 Å². The normalized spacial score (nSPS) is 17.0. The fourth-order valence-electron chi connectivity index (χ4n) is 2.36. The summed E-state index contributed by atoms with van der Waals surface area (Å²) in [4.78, 5) is 47.7. The van der Waals surface area contributed by atoms with Crippen molar-refractivity contribution in [1.29, 1.82) is 0 Å². The monoisotopic (exact) mass is 321 g/mol. The molecule has 1 amide bonds. The summed E-state index contributed by atoms with van der Waals surface area (Å²) >= 11 is 0. The van der Waals surface area contributed by atoms with Gasteiger partial charge in [-0.25, -0.2) is 9.59 Å². The third kappa shape index (κ3) is 3.31. The lowest BCUT2D eigenvalue weighted by Crippen LogP contribution is -2.26. The van der Waals surface area contributed by atoms with Crippen LogP contribution < -0.4 is 4.90 Å². The lowest BCUT2D eigenvalue weighted by molar-refractivity contribution is -0.141. The average Bonchev–Trinajstić information content (AvgIpc) is 2.95. The van der Waals surface area contributed by atoms with E-state index in [-0.39, 0.29) is 29.8 Å². The molecule has 1 aromatic carbocycles. The fraction of sp³-hybridized carbons (Fsp3) is 0.333. The maximum absolute atomic E-state index is 12.0. The third-order valence-electron chi connectivity index (χ3n) is 3.55. The summed E-state index contributed by atoms with van der Waals surface area (Å²) in [6.45, 7) is -0.0284. The molecular weight excluding hydrogens is 306 g/mol. The van der Waals surface area contributed by atoms with E-state index in [0.29, 0.717) is 0 Å². The minimum Gasteiger partial charge on any atom is -0.481 e. The highest BCUT2D eigenvalue weighted by Crippen LogP contribution is 2.28. The van der Waals surface area contributed by atoms with E-state index in [1.54, 1.807) is 0 Å². The summed E-state index contributed by atoms with van der Waals surface area (Å²) in [5.41, 5.74) is 0.385. The number of carboxylic acids is 1. The molecule has 8 heteroatoms. The maximum Gasteiger partial charge on any atom is 0.337 e. The fourth-order valence-corrected chi connectivity index (χ4v) is 2.36. The number of methoxy groups -OCH3 is 2. The van der Waals surface area contributed by atoms with Crippen molar-refractivity contribution in [2.75, 3.05) is 25.7 Å². The second kappa shape index (κ2) is 6.47. The number of amides is 1. The van der Waals surface area contributed by atoms with Gasteiger partial charge >= 0.3 is 17.9 Å². The molecule has 1 aromatic rings. The van der Waals surface area contributed by atoms with Gasteiger partial charge in [0.05, 0.1) is 31.3 Å². The molecule has 1 atom stereocenters. The average molecular weight is 321 g/mol. The molecule has 8 nitrogen and oxygen atoms in total. The van der Waals surface area contributed by atoms with Crippen LogP contribution in [0, 0.1) is 5.92 Å². The standard InChI is InChI=1S/C15H15NO7/c1-22-14(20)8-3-9(15(21)23-2)5-11(4-8)16-7-10(13(18)19)6-12(16)17/h3-5,10H,6-7H2,1-2H3,(H,18,19). The van der Waals surface area contributed by atoms with Crippen LogP contribution in [-0.2, 0) is 19.1 Å². The molecule has 1 aliphatic rings. The number of hydrogen-bond acceptors (Lipinski definition) is 6. The molecule has 1 unspecified atom stereocenters. The van der Waals surface area contributed by atoms with Crippen molar-refractivity contribution in [3.05, 3.63) is 29.3 Å². The Labute approximate surface area is 131 Å². The molecule has 0 saturated carbocycles. The first-order valence-electron chi connectivity index (χ1n) is 6.72. The SMILES string of the molecule is COC(=O)c1cc(C(=O)OC)cc(N2CC(C(=O)O)CC2=O)c1. The number of ether oxygens (including phenoxy) is 2. The van der Waals surface area contributed by atoms with Crippen LogP contribution >= 0.6 is 0 Å². The predicted octanol–water partition coefficient (Wildman–Crippen LogP) is 0.697. The van der Waals surface area contributed by atoms with Gasteiger partial charge in [-0.2, -0.15) is 0 Å². The lowest BCUT2D eigenvalue weighted by Gasteiger charge is -2.18. The van der Waals surface area contributed by atoms with Gasteiger partial charge < -0.3 is 19.5 Å². The van der Waals surface area contributed by atoms with Crippen molar-refractivity contribution < 1.29 is 33.8 Å². The second-order valence-electron chi connectivity index (χ2n) is 5.00. The number of hydrogen-bond donors (Lipinski definition) is 1. The molecule has 2 rings (SSSR count). The van der Waals surface area contributed by atoms with E-state index >= 15 is 0 Å². The molecule has 122 valence electrons. The van der Waals surface area contributed by atoms with Crippen LogP contribution in [-0.4, -0.2) is 49.7 Å². The molecule has 1 aliphatic heterocycles. The van der Waals surface area contributed by atoms with Gasteiger partial charge in [0, 0.05) is 18.7 Å². The Morgan fingerprint density at radius 3 is 2.00 bits per heavy atom. The molecule has 23 heavy (non-hydrogen) atoms. The Bertz CT molecular complexity index is 648. The Morgan fingerprint density at radius 2 is 1.61 bits per heavy atom. The number of nitrogens with zero attached hydrogens (tertiary/aromatic N) is 1. The van der Waals surface area contributed by atoms with E-state index in [4.69, 9.17) is 5.11 Å². The molecule has 1 fully saturated rings. The maximum atomic E-state index is 12.0. The third-order valence-corrected chi connectivity index (χ3v) is 3.55. The Balaban J connectivity index is 2.45. The van der Waals surface area contributed by atoms with Gasteiger partial charge in [0.2, 0.25) is 5.91 Å². The van der Waals surface area contributed by atoms with Crippen molar-refractivity contribution in [2.45, 2.75) is 6.42 Å². The zero-order valence-electron chi connectivity index (χ0n) is 12.6. The zero-order chi connectivity index (χ0) is 17.1. The number of benzene rings is 1. The number of rotatable bonds is 4. The number of anilines is 1.